The maximum Gasteiger partial charge on any atom is 0.322 e. The summed E-state index contributed by atoms with van der Waals surface area (Å²) >= 11 is 0. The maximum absolute atomic E-state index is 14.2. The average molecular weight is 870 g/mol. The van der Waals surface area contributed by atoms with Crippen molar-refractivity contribution in [2.75, 3.05) is 13.1 Å². The highest BCUT2D eigenvalue weighted by atomic mass is 32.2. The van der Waals surface area contributed by atoms with E-state index in [0.29, 0.717) is 10.9 Å². The second-order valence-electron chi connectivity index (χ2n) is 13.3. The zero-order valence-electron chi connectivity index (χ0n) is 31.4. The lowest BCUT2D eigenvalue weighted by atomic mass is 10.1. The smallest absolute Gasteiger partial charge is 0.322 e. The van der Waals surface area contributed by atoms with Crippen LogP contribution in [0.5, 0.6) is 11.5 Å². The number of aryl methyl sites for hydroxylation is 1. The van der Waals surface area contributed by atoms with Crippen LogP contribution < -0.4 is 26.5 Å². The molecule has 61 heavy (non-hydrogen) atoms. The predicted octanol–water partition coefficient (Wildman–Crippen LogP) is 2.25. The zero-order valence-corrected chi connectivity index (χ0v) is 33.1. The van der Waals surface area contributed by atoms with Crippen LogP contribution >= 0.6 is 0 Å². The third-order valence-corrected chi connectivity index (χ3v) is 13.1. The van der Waals surface area contributed by atoms with Crippen LogP contribution in [0.25, 0.3) is 32.7 Å². The number of benzene rings is 4. The molecular weight excluding hydrogens is 839 g/mol. The summed E-state index contributed by atoms with van der Waals surface area (Å²) in [5.41, 5.74) is -4.12. The van der Waals surface area contributed by atoms with Gasteiger partial charge < -0.3 is 35.3 Å². The van der Waals surface area contributed by atoms with Crippen LogP contribution in [0.4, 0.5) is 0 Å². The number of carbonyl (C=O) groups is 4. The van der Waals surface area contributed by atoms with E-state index in [1.54, 1.807) is 36.4 Å². The Labute approximate surface area is 343 Å². The van der Waals surface area contributed by atoms with Crippen LogP contribution in [0.1, 0.15) is 20.7 Å². The molecule has 19 nitrogen and oxygen atoms in total. The number of carboxylic acid groups (broad SMARTS) is 2. The lowest BCUT2D eigenvalue weighted by molar-refractivity contribution is -0.136. The first kappa shape index (κ1) is 41.4. The first-order chi connectivity index (χ1) is 28.9. The number of rotatable bonds is 13. The number of carbonyl (C=O) groups excluding carboxylic acids is 2. The highest BCUT2D eigenvalue weighted by molar-refractivity contribution is 7.91. The molecule has 0 saturated heterocycles. The Morgan fingerprint density at radius 1 is 0.656 bits per heavy atom. The molecule has 21 heteroatoms. The molecule has 0 aliphatic carbocycles. The number of aromatic nitrogens is 3. The number of pyridine rings is 2. The molecule has 2 amide bonds. The van der Waals surface area contributed by atoms with Crippen LogP contribution in [0.2, 0.25) is 0 Å². The number of hydrogen-bond acceptors (Lipinski definition) is 12. The van der Waals surface area contributed by atoms with Gasteiger partial charge in [-0.2, -0.15) is 0 Å². The molecule has 0 fully saturated rings. The number of carboxylic acids is 2. The quantitative estimate of drug-likeness (QED) is 0.111. The summed E-state index contributed by atoms with van der Waals surface area (Å²) in [7, 11) is -7.41. The summed E-state index contributed by atoms with van der Waals surface area (Å²) in [6.07, 6.45) is 1.30. The van der Waals surface area contributed by atoms with Crippen LogP contribution in [-0.2, 0) is 43.2 Å². The average Bonchev–Trinajstić information content (AvgIpc) is 3.69. The van der Waals surface area contributed by atoms with E-state index in [4.69, 9.17) is 4.74 Å². The van der Waals surface area contributed by atoms with Crippen molar-refractivity contribution in [2.24, 2.45) is 7.05 Å². The topological polar surface area (TPSA) is 279 Å². The van der Waals surface area contributed by atoms with E-state index in [1.807, 2.05) is 5.32 Å². The largest absolute Gasteiger partial charge is 0.506 e. The molecule has 3 heterocycles. The number of nitrogens with one attached hydrogen (secondary N) is 2. The van der Waals surface area contributed by atoms with Gasteiger partial charge in [0.05, 0.1) is 31.2 Å². The minimum absolute atomic E-state index is 0.0193. The fourth-order valence-corrected chi connectivity index (χ4v) is 9.35. The highest BCUT2D eigenvalue weighted by Gasteiger charge is 2.29. The molecule has 0 bridgehead atoms. The van der Waals surface area contributed by atoms with Crippen molar-refractivity contribution in [3.63, 3.8) is 0 Å². The molecule has 0 aliphatic rings. The summed E-state index contributed by atoms with van der Waals surface area (Å²) < 4.78 is 64.2. The molecule has 312 valence electrons. The fraction of sp³-hybridized carbons (Fsp3) is 0.100. The molecule has 0 aliphatic heterocycles. The fourth-order valence-electron chi connectivity index (χ4n) is 6.66. The van der Waals surface area contributed by atoms with E-state index >= 15 is 0 Å². The van der Waals surface area contributed by atoms with Crippen molar-refractivity contribution in [2.45, 2.75) is 21.4 Å². The molecule has 0 spiro atoms. The Kier molecular flexibility index (Phi) is 10.7. The van der Waals surface area contributed by atoms with Crippen molar-refractivity contribution in [3.8, 4) is 11.5 Å². The summed E-state index contributed by atoms with van der Waals surface area (Å²) in [5.74, 6) is -7.29. The van der Waals surface area contributed by atoms with Crippen LogP contribution in [0, 0.1) is 0 Å². The van der Waals surface area contributed by atoms with Crippen molar-refractivity contribution in [3.05, 3.63) is 135 Å². The molecule has 0 atom stereocenters. The van der Waals surface area contributed by atoms with Gasteiger partial charge in [-0.3, -0.25) is 33.3 Å². The number of fused-ring (bicyclic) bond motifs is 3. The van der Waals surface area contributed by atoms with Gasteiger partial charge in [-0.1, -0.05) is 36.4 Å². The molecule has 7 aromatic rings. The molecular formula is C40H31N5O14S2. The number of amides is 2. The second kappa shape index (κ2) is 15.8. The van der Waals surface area contributed by atoms with E-state index in [2.05, 4.69) is 5.32 Å². The summed E-state index contributed by atoms with van der Waals surface area (Å²) in [5, 5.41) is 33.9. The van der Waals surface area contributed by atoms with Crippen LogP contribution in [-0.4, -0.2) is 82.1 Å². The summed E-state index contributed by atoms with van der Waals surface area (Å²) in [6, 6.07) is 22.2. The normalized spacial score (nSPS) is 11.8. The van der Waals surface area contributed by atoms with Gasteiger partial charge in [0.15, 0.2) is 6.73 Å². The Hall–Kier alpha value is -7.78. The van der Waals surface area contributed by atoms with E-state index < -0.39 is 107 Å². The maximum atomic E-state index is 14.2. The highest BCUT2D eigenvalue weighted by Crippen LogP contribution is 2.34. The van der Waals surface area contributed by atoms with Crippen molar-refractivity contribution in [1.82, 2.24) is 23.7 Å². The number of para-hydroxylation sites is 1. The van der Waals surface area contributed by atoms with Gasteiger partial charge in [0.1, 0.15) is 35.7 Å². The Bertz CT molecular complexity index is 3360. The molecule has 7 rings (SSSR count). The number of ether oxygens (including phenoxy) is 1. The third-order valence-electron chi connectivity index (χ3n) is 9.61. The third kappa shape index (κ3) is 7.42. The van der Waals surface area contributed by atoms with Crippen LogP contribution in [0.15, 0.2) is 128 Å². The number of aliphatic carboxylic acids is 2. The van der Waals surface area contributed by atoms with Gasteiger partial charge >= 0.3 is 11.9 Å². The molecule has 0 saturated carbocycles. The van der Waals surface area contributed by atoms with Gasteiger partial charge in [0.25, 0.3) is 33.0 Å². The molecule has 0 unspecified atom stereocenters. The predicted molar refractivity (Wildman–Crippen MR) is 216 cm³/mol. The second-order valence-corrected chi connectivity index (χ2v) is 17.1. The molecule has 3 aromatic heterocycles. The first-order valence-electron chi connectivity index (χ1n) is 17.7. The van der Waals surface area contributed by atoms with Gasteiger partial charge in [-0.25, -0.2) is 20.8 Å². The Balaban J connectivity index is 1.44. The van der Waals surface area contributed by atoms with Gasteiger partial charge in [-0.15, -0.1) is 0 Å². The minimum Gasteiger partial charge on any atom is -0.506 e. The van der Waals surface area contributed by atoms with Crippen molar-refractivity contribution < 1.29 is 56.1 Å². The first-order valence-corrected chi connectivity index (χ1v) is 20.7. The van der Waals surface area contributed by atoms with E-state index in [-0.39, 0.29) is 26.2 Å². The Morgan fingerprint density at radius 2 is 1.25 bits per heavy atom. The number of sulfone groups is 1. The van der Waals surface area contributed by atoms with Crippen molar-refractivity contribution in [1.29, 1.82) is 0 Å². The number of hydrogen-bond donors (Lipinski definition) is 5. The summed E-state index contributed by atoms with van der Waals surface area (Å²) in [6.45, 7) is -2.98. The molecule has 5 N–H and O–H groups in total. The molecule has 0 radical (unpaired) electrons. The molecule has 4 aromatic carbocycles. The van der Waals surface area contributed by atoms with Crippen LogP contribution in [0.3, 0.4) is 0 Å². The standard InChI is InChI=1S/C40H31N5O14S2/c1-43-29-13-11-24(60(55,56)23-8-3-2-4-9-23)17-27(29)36(34(39(43)53)38(52)42-20-32(48)49)59-21-44-30-14-12-25(61(57,58)45-16-15-22-7-5-6-10-28(22)45)18-26(30)35(50)33(40(44)54)37(51)41-19-31(46)47/h2-18,50H,19-21H2,1H3,(H,41,51)(H,42,52)(H,46,47)(H,48,49). The van der Waals surface area contributed by atoms with E-state index in [9.17, 15) is 60.9 Å². The van der Waals surface area contributed by atoms with Gasteiger partial charge in [0, 0.05) is 29.4 Å². The monoisotopic (exact) mass is 869 g/mol. The van der Waals surface area contributed by atoms with Gasteiger partial charge in [0.2, 0.25) is 9.84 Å². The zero-order chi connectivity index (χ0) is 44.0. The van der Waals surface area contributed by atoms with E-state index in [0.717, 1.165) is 37.4 Å². The Morgan fingerprint density at radius 3 is 1.92 bits per heavy atom. The lowest BCUT2D eigenvalue weighted by Crippen LogP contribution is -2.37. The number of aromatic hydroxyl groups is 1. The SMILES string of the molecule is Cn1c(=O)c(C(=O)NCC(=O)O)c(OCn2c(=O)c(C(=O)NCC(=O)O)c(O)c3cc(S(=O)(=O)n4ccc5ccccc54)ccc32)c2cc(S(=O)(=O)c3ccccc3)ccc21. The number of nitrogens with zero attached hydrogens (tertiary/aromatic N) is 3. The van der Waals surface area contributed by atoms with Crippen molar-refractivity contribution >= 4 is 76.3 Å². The van der Waals surface area contributed by atoms with E-state index in [1.165, 1.54) is 49.6 Å². The summed E-state index contributed by atoms with van der Waals surface area (Å²) in [4.78, 5) is 76.7. The van der Waals surface area contributed by atoms with Gasteiger partial charge in [-0.05, 0) is 60.7 Å². The minimum atomic E-state index is -4.42. The lowest BCUT2D eigenvalue weighted by Gasteiger charge is -2.20.